The number of rotatable bonds is 7. The van der Waals surface area contributed by atoms with E-state index < -0.39 is 0 Å². The van der Waals surface area contributed by atoms with Gasteiger partial charge in [-0.2, -0.15) is 0 Å². The Morgan fingerprint density at radius 1 is 1.11 bits per heavy atom. The van der Waals surface area contributed by atoms with Crippen LogP contribution in [0, 0.1) is 17.3 Å². The molecule has 0 saturated carbocycles. The summed E-state index contributed by atoms with van der Waals surface area (Å²) in [6.07, 6.45) is 5.80. The van der Waals surface area contributed by atoms with Crippen molar-refractivity contribution in [2.24, 2.45) is 5.41 Å². The number of benzene rings is 1. The molecule has 0 unspecified atom stereocenters. The van der Waals surface area contributed by atoms with Crippen molar-refractivity contribution in [2.75, 3.05) is 13.6 Å². The second-order valence-corrected chi connectivity index (χ2v) is 7.38. The van der Waals surface area contributed by atoms with E-state index in [1.54, 1.807) is 6.20 Å². The number of hydrogen-bond acceptors (Lipinski definition) is 3. The van der Waals surface area contributed by atoms with E-state index in [9.17, 15) is 0 Å². The fraction of sp³-hybridized carbons (Fsp3) is 0.348. The van der Waals surface area contributed by atoms with Crippen molar-refractivity contribution in [1.82, 2.24) is 9.88 Å². The van der Waals surface area contributed by atoms with Crippen LogP contribution in [0.15, 0.2) is 60.8 Å². The molecule has 0 N–H and O–H groups in total. The first-order valence-corrected chi connectivity index (χ1v) is 8.90. The molecule has 2 rings (SSSR count). The number of ether oxygens (including phenoxy) is 1. The summed E-state index contributed by atoms with van der Waals surface area (Å²) in [5.74, 6) is 7.14. The molecule has 1 aromatic heterocycles. The number of nitrogens with zero attached hydrogens (tertiary/aromatic N) is 2. The molecule has 5 heteroatoms. The summed E-state index contributed by atoms with van der Waals surface area (Å²) in [5.41, 5.74) is 2.19. The van der Waals surface area contributed by atoms with Gasteiger partial charge in [-0.1, -0.05) is 48.2 Å². The third kappa shape index (κ3) is 11.0. The number of allylic oxidation sites excluding steroid dienone is 1. The summed E-state index contributed by atoms with van der Waals surface area (Å²) >= 11 is 0. The van der Waals surface area contributed by atoms with Gasteiger partial charge >= 0.3 is 0 Å². The number of hydrogen-bond donors (Lipinski definition) is 0. The van der Waals surface area contributed by atoms with E-state index in [1.165, 1.54) is 0 Å². The van der Waals surface area contributed by atoms with Gasteiger partial charge < -0.3 is 4.74 Å². The minimum atomic E-state index is 0. The van der Waals surface area contributed by atoms with Crippen molar-refractivity contribution in [3.8, 4) is 17.6 Å². The Bertz CT molecular complexity index is 774. The highest BCUT2D eigenvalue weighted by Gasteiger charge is 2.03. The molecule has 0 aliphatic heterocycles. The zero-order valence-corrected chi connectivity index (χ0v) is 18.6. The second kappa shape index (κ2) is 13.2. The molecule has 0 atom stereocenters. The Balaban J connectivity index is 0.00000364. The third-order valence-corrected chi connectivity index (χ3v) is 3.53. The minimum Gasteiger partial charge on any atom is -0.489 e. The minimum absolute atomic E-state index is 0. The lowest BCUT2D eigenvalue weighted by Gasteiger charge is -2.14. The van der Waals surface area contributed by atoms with Crippen LogP contribution in [0.25, 0.3) is 0 Å². The predicted octanol–water partition coefficient (Wildman–Crippen LogP) is 5.54. The largest absolute Gasteiger partial charge is 0.489 e. The van der Waals surface area contributed by atoms with Crippen LogP contribution in [-0.4, -0.2) is 23.5 Å². The summed E-state index contributed by atoms with van der Waals surface area (Å²) in [7, 11) is 2.07. The Morgan fingerprint density at radius 3 is 2.50 bits per heavy atom. The van der Waals surface area contributed by atoms with Gasteiger partial charge in [0.2, 0.25) is 0 Å². The van der Waals surface area contributed by atoms with Crippen LogP contribution in [-0.2, 0) is 13.2 Å². The molecule has 28 heavy (non-hydrogen) atoms. The monoisotopic (exact) mass is 420 g/mol. The lowest BCUT2D eigenvalue weighted by molar-refractivity contribution is 0.303. The van der Waals surface area contributed by atoms with Crippen molar-refractivity contribution in [3.05, 3.63) is 72.1 Å². The number of aromatic nitrogens is 1. The van der Waals surface area contributed by atoms with E-state index in [0.717, 1.165) is 30.1 Å². The summed E-state index contributed by atoms with van der Waals surface area (Å²) in [6.45, 7) is 8.49. The molecule has 0 aliphatic rings. The normalized spacial score (nSPS) is 10.6. The fourth-order valence-corrected chi connectivity index (χ4v) is 2.26. The van der Waals surface area contributed by atoms with Gasteiger partial charge in [-0.15, -0.1) is 24.8 Å². The zero-order chi connectivity index (χ0) is 18.8. The van der Waals surface area contributed by atoms with Crippen LogP contribution >= 0.6 is 24.8 Å². The molecule has 0 fully saturated rings. The number of halogens is 2. The smallest absolute Gasteiger partial charge is 0.123 e. The molecular formula is C23H30Cl2N2O. The molecule has 2 aromatic rings. The molecule has 0 saturated heterocycles. The van der Waals surface area contributed by atoms with Crippen LogP contribution in [0.5, 0.6) is 5.75 Å². The van der Waals surface area contributed by atoms with Gasteiger partial charge in [0.1, 0.15) is 12.4 Å². The Labute approximate surface area is 182 Å². The third-order valence-electron chi connectivity index (χ3n) is 3.53. The first-order valence-electron chi connectivity index (χ1n) is 8.90. The van der Waals surface area contributed by atoms with Crippen molar-refractivity contribution >= 4 is 24.8 Å². The van der Waals surface area contributed by atoms with Gasteiger partial charge in [-0.05, 0) is 45.5 Å². The van der Waals surface area contributed by atoms with E-state index in [-0.39, 0.29) is 30.2 Å². The molecule has 0 amide bonds. The van der Waals surface area contributed by atoms with Crippen molar-refractivity contribution in [2.45, 2.75) is 33.9 Å². The van der Waals surface area contributed by atoms with Crippen LogP contribution in [0.1, 0.15) is 32.0 Å². The molecule has 0 bridgehead atoms. The van der Waals surface area contributed by atoms with E-state index in [2.05, 4.69) is 67.8 Å². The molecule has 0 spiro atoms. The van der Waals surface area contributed by atoms with E-state index in [4.69, 9.17) is 4.74 Å². The van der Waals surface area contributed by atoms with Gasteiger partial charge in [0, 0.05) is 30.8 Å². The lowest BCUT2D eigenvalue weighted by Crippen LogP contribution is -2.18. The Kier molecular flexibility index (Phi) is 12.3. The Morgan fingerprint density at radius 2 is 1.82 bits per heavy atom. The van der Waals surface area contributed by atoms with Gasteiger partial charge in [-0.3, -0.25) is 9.88 Å². The molecular weight excluding hydrogens is 391 g/mol. The van der Waals surface area contributed by atoms with Crippen molar-refractivity contribution < 1.29 is 4.74 Å². The molecule has 1 heterocycles. The summed E-state index contributed by atoms with van der Waals surface area (Å²) in [5, 5.41) is 0. The van der Waals surface area contributed by atoms with Gasteiger partial charge in [0.25, 0.3) is 0 Å². The van der Waals surface area contributed by atoms with E-state index in [0.29, 0.717) is 6.61 Å². The second-order valence-electron chi connectivity index (χ2n) is 7.38. The summed E-state index contributed by atoms with van der Waals surface area (Å²) in [4.78, 5) is 6.63. The number of pyridine rings is 1. The van der Waals surface area contributed by atoms with Crippen LogP contribution < -0.4 is 4.74 Å². The maximum Gasteiger partial charge on any atom is 0.123 e. The van der Waals surface area contributed by atoms with Gasteiger partial charge in [0.05, 0.1) is 5.69 Å². The topological polar surface area (TPSA) is 25.4 Å². The SMILES string of the molecule is CN(C/C=C/C#CC(C)(C)C)Cc1cc(OCc2ccccc2)ccn1.Cl.Cl. The Hall–Kier alpha value is -1.99. The zero-order valence-electron chi connectivity index (χ0n) is 17.0. The molecule has 0 radical (unpaired) electrons. The van der Waals surface area contributed by atoms with Crippen LogP contribution in [0.3, 0.4) is 0 Å². The molecule has 3 nitrogen and oxygen atoms in total. The van der Waals surface area contributed by atoms with E-state index >= 15 is 0 Å². The summed E-state index contributed by atoms with van der Waals surface area (Å²) < 4.78 is 5.87. The average molecular weight is 421 g/mol. The van der Waals surface area contributed by atoms with Crippen LogP contribution in [0.4, 0.5) is 0 Å². The highest BCUT2D eigenvalue weighted by molar-refractivity contribution is 5.85. The highest BCUT2D eigenvalue weighted by Crippen LogP contribution is 2.14. The lowest BCUT2D eigenvalue weighted by atomic mass is 9.98. The molecule has 152 valence electrons. The summed E-state index contributed by atoms with van der Waals surface area (Å²) in [6, 6.07) is 14.1. The number of likely N-dealkylation sites (N-methyl/N-ethyl adjacent to an activating group) is 1. The van der Waals surface area contributed by atoms with Gasteiger partial charge in [-0.25, -0.2) is 0 Å². The fourth-order valence-electron chi connectivity index (χ4n) is 2.26. The van der Waals surface area contributed by atoms with Crippen molar-refractivity contribution in [1.29, 1.82) is 0 Å². The first kappa shape index (κ1) is 26.0. The first-order chi connectivity index (χ1) is 12.4. The average Bonchev–Trinajstić information content (AvgIpc) is 2.60. The quantitative estimate of drug-likeness (QED) is 0.549. The van der Waals surface area contributed by atoms with Crippen molar-refractivity contribution in [3.63, 3.8) is 0 Å². The highest BCUT2D eigenvalue weighted by atomic mass is 35.5. The maximum atomic E-state index is 5.87. The maximum absolute atomic E-state index is 5.87. The van der Waals surface area contributed by atoms with E-state index in [1.807, 2.05) is 36.4 Å². The molecule has 1 aromatic carbocycles. The standard InChI is InChI=1S/C23H28N2O.2ClH/c1-23(2,3)14-9-6-10-16-25(4)18-21-17-22(13-15-24-21)26-19-20-11-7-5-8-12-20;;/h5-8,10-13,15,17H,16,18-19H2,1-4H3;2*1H/b10-6+;;. The van der Waals surface area contributed by atoms with Gasteiger partial charge in [0.15, 0.2) is 0 Å². The predicted molar refractivity (Wildman–Crippen MR) is 122 cm³/mol. The van der Waals surface area contributed by atoms with Crippen LogP contribution in [0.2, 0.25) is 0 Å². The molecule has 0 aliphatic carbocycles.